The van der Waals surface area contributed by atoms with Gasteiger partial charge in [0.25, 0.3) is 0 Å². The number of aromatic nitrogens is 2. The molecule has 2 heterocycles. The molecule has 1 saturated heterocycles. The average Bonchev–Trinajstić information content (AvgIpc) is 3.26. The standard InChI is InChI=1S/C33H57N3O6/c1-3-4-5-6-7-8-9-10-11-12-13-14-15-16-17-18-19-20-21-22-25-41-33(40)35-29-23-24-36(32(39)34-29)31-27(2)30(38)28(26-37)42-31/h23-24,28,30-31,37-38H,2-22,25-26H2,1H3,(H,34,35,39,40)/t28-,30+,31-/m1/s1. The first-order chi connectivity index (χ1) is 20.5. The van der Waals surface area contributed by atoms with Crippen LogP contribution in [0.5, 0.6) is 0 Å². The summed E-state index contributed by atoms with van der Waals surface area (Å²) in [6.45, 7) is 5.94. The van der Waals surface area contributed by atoms with E-state index in [0.29, 0.717) is 6.61 Å². The summed E-state index contributed by atoms with van der Waals surface area (Å²) < 4.78 is 11.9. The highest BCUT2D eigenvalue weighted by Crippen LogP contribution is 2.31. The van der Waals surface area contributed by atoms with Crippen molar-refractivity contribution in [3.05, 3.63) is 34.9 Å². The Kier molecular flexibility index (Phi) is 19.1. The summed E-state index contributed by atoms with van der Waals surface area (Å²) in [5.41, 5.74) is -0.424. The SMILES string of the molecule is C=C1[C@H](n2ccc(NC(=O)OCCCCCCCCCCCCCCCCCCCCCC)nc2=O)O[C@H](CO)[C@H]1O. The monoisotopic (exact) mass is 591 g/mol. The van der Waals surface area contributed by atoms with Gasteiger partial charge in [0.15, 0.2) is 6.23 Å². The van der Waals surface area contributed by atoms with Gasteiger partial charge in [0, 0.05) is 11.8 Å². The number of aliphatic hydroxyl groups excluding tert-OH is 2. The van der Waals surface area contributed by atoms with E-state index < -0.39 is 36.8 Å². The Morgan fingerprint density at radius 2 is 1.38 bits per heavy atom. The number of aliphatic hydroxyl groups is 2. The molecule has 2 rings (SSSR count). The number of carbonyl (C=O) groups excluding carboxylic acids is 1. The first kappa shape index (κ1) is 36.0. The second-order valence-corrected chi connectivity index (χ2v) is 11.7. The zero-order valence-electron chi connectivity index (χ0n) is 26.1. The van der Waals surface area contributed by atoms with Crippen molar-refractivity contribution in [2.75, 3.05) is 18.5 Å². The van der Waals surface area contributed by atoms with Gasteiger partial charge >= 0.3 is 11.8 Å². The fourth-order valence-corrected chi connectivity index (χ4v) is 5.42. The number of hydrogen-bond acceptors (Lipinski definition) is 7. The van der Waals surface area contributed by atoms with Crippen LogP contribution in [0.15, 0.2) is 29.2 Å². The van der Waals surface area contributed by atoms with Crippen LogP contribution < -0.4 is 11.0 Å². The summed E-state index contributed by atoms with van der Waals surface area (Å²) in [5.74, 6) is 0.0626. The molecular weight excluding hydrogens is 534 g/mol. The van der Waals surface area contributed by atoms with Crippen molar-refractivity contribution >= 4 is 11.9 Å². The Bertz CT molecular complexity index is 937. The highest BCUT2D eigenvalue weighted by Gasteiger charge is 2.38. The van der Waals surface area contributed by atoms with E-state index in [-0.39, 0.29) is 11.4 Å². The van der Waals surface area contributed by atoms with Gasteiger partial charge < -0.3 is 19.7 Å². The quantitative estimate of drug-likeness (QED) is 0.0844. The minimum atomic E-state index is -1.08. The molecule has 3 N–H and O–H groups in total. The maximum atomic E-state index is 12.4. The topological polar surface area (TPSA) is 123 Å². The van der Waals surface area contributed by atoms with E-state index in [1.165, 1.54) is 121 Å². The van der Waals surface area contributed by atoms with Crippen molar-refractivity contribution in [3.8, 4) is 0 Å². The third kappa shape index (κ3) is 14.3. The maximum absolute atomic E-state index is 12.4. The van der Waals surface area contributed by atoms with Gasteiger partial charge in [0.2, 0.25) is 0 Å². The molecule has 9 heteroatoms. The van der Waals surface area contributed by atoms with Gasteiger partial charge in [-0.2, -0.15) is 4.98 Å². The molecule has 0 spiro atoms. The van der Waals surface area contributed by atoms with Gasteiger partial charge in [-0.05, 0) is 12.5 Å². The van der Waals surface area contributed by atoms with E-state index in [2.05, 4.69) is 23.8 Å². The summed E-state index contributed by atoms with van der Waals surface area (Å²) in [5, 5.41) is 21.8. The Hall–Kier alpha value is -2.23. The van der Waals surface area contributed by atoms with Gasteiger partial charge in [0.1, 0.15) is 18.0 Å². The lowest BCUT2D eigenvalue weighted by molar-refractivity contribution is -0.0447. The van der Waals surface area contributed by atoms with Gasteiger partial charge in [-0.3, -0.25) is 9.88 Å². The second kappa shape index (κ2) is 22.3. The fraction of sp³-hybridized carbons (Fsp3) is 0.788. The van der Waals surface area contributed by atoms with Crippen LogP contribution in [0.1, 0.15) is 142 Å². The molecule has 0 radical (unpaired) electrons. The molecule has 1 aromatic heterocycles. The van der Waals surface area contributed by atoms with Crippen LogP contribution in [0, 0.1) is 0 Å². The number of ether oxygens (including phenoxy) is 2. The Morgan fingerprint density at radius 1 is 0.905 bits per heavy atom. The molecule has 0 unspecified atom stereocenters. The normalized spacial score (nSPS) is 18.5. The largest absolute Gasteiger partial charge is 0.449 e. The number of rotatable bonds is 24. The third-order valence-corrected chi connectivity index (χ3v) is 8.08. The van der Waals surface area contributed by atoms with Gasteiger partial charge in [-0.1, -0.05) is 135 Å². The van der Waals surface area contributed by atoms with Crippen molar-refractivity contribution in [1.82, 2.24) is 9.55 Å². The molecule has 1 aliphatic rings. The molecule has 42 heavy (non-hydrogen) atoms. The summed E-state index contributed by atoms with van der Waals surface area (Å²) in [6, 6.07) is 1.44. The molecule has 3 atom stereocenters. The minimum Gasteiger partial charge on any atom is -0.449 e. The molecule has 0 bridgehead atoms. The van der Waals surface area contributed by atoms with Crippen LogP contribution in [0.25, 0.3) is 0 Å². The van der Waals surface area contributed by atoms with E-state index in [1.54, 1.807) is 0 Å². The number of unbranched alkanes of at least 4 members (excludes halogenated alkanes) is 19. The highest BCUT2D eigenvalue weighted by atomic mass is 16.6. The van der Waals surface area contributed by atoms with Gasteiger partial charge in [-0.25, -0.2) is 9.59 Å². The number of carbonyl (C=O) groups is 1. The van der Waals surface area contributed by atoms with Gasteiger partial charge in [0.05, 0.1) is 13.2 Å². The van der Waals surface area contributed by atoms with Crippen molar-refractivity contribution in [1.29, 1.82) is 0 Å². The first-order valence-corrected chi connectivity index (χ1v) is 16.6. The average molecular weight is 592 g/mol. The van der Waals surface area contributed by atoms with Crippen LogP contribution in [-0.4, -0.2) is 51.3 Å². The van der Waals surface area contributed by atoms with Crippen molar-refractivity contribution in [3.63, 3.8) is 0 Å². The summed E-state index contributed by atoms with van der Waals surface area (Å²) >= 11 is 0. The first-order valence-electron chi connectivity index (χ1n) is 16.6. The maximum Gasteiger partial charge on any atom is 0.412 e. The molecule has 0 aliphatic carbocycles. The van der Waals surface area contributed by atoms with E-state index in [0.717, 1.165) is 23.8 Å². The third-order valence-electron chi connectivity index (χ3n) is 8.08. The molecule has 0 aromatic carbocycles. The zero-order chi connectivity index (χ0) is 30.4. The Morgan fingerprint density at radius 3 is 1.81 bits per heavy atom. The predicted octanol–water partition coefficient (Wildman–Crippen LogP) is 7.42. The van der Waals surface area contributed by atoms with Crippen molar-refractivity contribution in [2.24, 2.45) is 0 Å². The van der Waals surface area contributed by atoms with Gasteiger partial charge in [-0.15, -0.1) is 0 Å². The molecule has 1 aliphatic heterocycles. The lowest BCUT2D eigenvalue weighted by Gasteiger charge is -2.15. The molecule has 0 saturated carbocycles. The van der Waals surface area contributed by atoms with E-state index in [4.69, 9.17) is 9.47 Å². The molecule has 1 aromatic rings. The van der Waals surface area contributed by atoms with E-state index in [9.17, 15) is 19.8 Å². The zero-order valence-corrected chi connectivity index (χ0v) is 26.1. The van der Waals surface area contributed by atoms with Crippen LogP contribution in [0.2, 0.25) is 0 Å². The van der Waals surface area contributed by atoms with E-state index >= 15 is 0 Å². The van der Waals surface area contributed by atoms with Crippen LogP contribution in [0.4, 0.5) is 10.6 Å². The number of nitrogens with one attached hydrogen (secondary N) is 1. The van der Waals surface area contributed by atoms with Crippen LogP contribution in [-0.2, 0) is 9.47 Å². The highest BCUT2D eigenvalue weighted by molar-refractivity contribution is 5.83. The predicted molar refractivity (Wildman–Crippen MR) is 168 cm³/mol. The Labute approximate surface area is 253 Å². The molecular formula is C33H57N3O6. The number of anilines is 1. The molecule has 1 amide bonds. The summed E-state index contributed by atoms with van der Waals surface area (Å²) in [6.07, 6.45) is 24.2. The fourth-order valence-electron chi connectivity index (χ4n) is 5.42. The van der Waals surface area contributed by atoms with E-state index in [1.807, 2.05) is 0 Å². The van der Waals surface area contributed by atoms with Crippen LogP contribution in [0.3, 0.4) is 0 Å². The smallest absolute Gasteiger partial charge is 0.412 e. The van der Waals surface area contributed by atoms with Crippen molar-refractivity contribution < 1.29 is 24.5 Å². The second-order valence-electron chi connectivity index (χ2n) is 11.7. The minimum absolute atomic E-state index is 0.0626. The summed E-state index contributed by atoms with van der Waals surface area (Å²) in [7, 11) is 0. The molecule has 1 fully saturated rings. The number of hydrogen-bond donors (Lipinski definition) is 3. The number of amides is 1. The Balaban J connectivity index is 1.39. The van der Waals surface area contributed by atoms with Crippen LogP contribution >= 0.6 is 0 Å². The summed E-state index contributed by atoms with van der Waals surface area (Å²) in [4.78, 5) is 28.3. The molecule has 9 nitrogen and oxygen atoms in total. The number of nitrogens with zero attached hydrogens (tertiary/aromatic N) is 2. The lowest BCUT2D eigenvalue weighted by Crippen LogP contribution is -2.29. The lowest BCUT2D eigenvalue weighted by atomic mass is 10.0. The van der Waals surface area contributed by atoms with Crippen molar-refractivity contribution in [2.45, 2.75) is 154 Å². The molecule has 240 valence electrons.